The van der Waals surface area contributed by atoms with E-state index in [-0.39, 0.29) is 60.8 Å². The molecule has 3 aliphatic rings. The van der Waals surface area contributed by atoms with Crippen LogP contribution >= 0.6 is 45.7 Å². The van der Waals surface area contributed by atoms with E-state index >= 15 is 0 Å². The van der Waals surface area contributed by atoms with Crippen LogP contribution in [0.2, 0.25) is 0 Å². The second-order valence-corrected chi connectivity index (χ2v) is 36.0. The maximum Gasteiger partial charge on any atom is 0.330 e. The fourth-order valence-electron chi connectivity index (χ4n) is 8.10. The average Bonchev–Trinajstić information content (AvgIpc) is 1.87. The van der Waals surface area contributed by atoms with Crippen molar-refractivity contribution in [1.82, 2.24) is 33.8 Å². The van der Waals surface area contributed by atoms with Crippen molar-refractivity contribution < 1.29 is 14.1 Å². The number of thiazole rings is 2. The smallest absolute Gasteiger partial charge is 0.330 e. The predicted octanol–water partition coefficient (Wildman–Crippen LogP) is 22.6. The maximum atomic E-state index is 10.8. The lowest BCUT2D eigenvalue weighted by molar-refractivity contribution is -0.149. The van der Waals surface area contributed by atoms with E-state index in [1.165, 1.54) is 44.1 Å². The number of hydrogen-bond acceptors (Lipinski definition) is 15. The molecule has 0 radical (unpaired) electrons. The van der Waals surface area contributed by atoms with Gasteiger partial charge in [-0.25, -0.2) is 19.7 Å². The Hall–Kier alpha value is -7.65. The molecule has 0 amide bonds. The molecule has 1 N–H and O–H groups in total. The van der Waals surface area contributed by atoms with Crippen LogP contribution in [-0.2, 0) is 42.0 Å². The highest BCUT2D eigenvalue weighted by Crippen LogP contribution is 2.33. The Labute approximate surface area is 614 Å². The molecule has 1 unspecified atom stereocenters. The third-order valence-corrected chi connectivity index (χ3v) is 18.4. The number of cyclic esters (lactones) is 1. The molecule has 12 nitrogen and oxygen atoms in total. The van der Waals surface area contributed by atoms with Crippen molar-refractivity contribution in [2.45, 2.75) is 232 Å². The van der Waals surface area contributed by atoms with Crippen molar-refractivity contribution in [2.75, 3.05) is 13.1 Å². The summed E-state index contributed by atoms with van der Waals surface area (Å²) < 4.78 is 18.7. The molecule has 6 aromatic rings. The van der Waals surface area contributed by atoms with E-state index in [9.17, 15) is 4.79 Å². The van der Waals surface area contributed by atoms with Crippen LogP contribution in [0.1, 0.15) is 259 Å². The van der Waals surface area contributed by atoms with Gasteiger partial charge in [-0.2, -0.15) is 8.75 Å². The lowest BCUT2D eigenvalue weighted by atomic mass is 9.84. The van der Waals surface area contributed by atoms with Gasteiger partial charge in [-0.15, -0.1) is 41.9 Å². The molecular weight excluding hydrogens is 1300 g/mol. The minimum Gasteiger partial charge on any atom is -0.458 e. The van der Waals surface area contributed by atoms with Crippen LogP contribution in [0.3, 0.4) is 0 Å². The number of hydrogen-bond donors (Lipinski definition) is 1. The number of aromatic amines is 1. The highest BCUT2D eigenvalue weighted by atomic mass is 32.1. The zero-order valence-corrected chi connectivity index (χ0v) is 68.3. The molecule has 9 heterocycles. The summed E-state index contributed by atoms with van der Waals surface area (Å²) in [6.45, 7) is 77.7. The molecule has 0 fully saturated rings. The van der Waals surface area contributed by atoms with E-state index in [1.54, 1.807) is 64.7 Å². The second kappa shape index (κ2) is 38.8. The summed E-state index contributed by atoms with van der Waals surface area (Å²) in [5.74, 6) is 8.95. The Bertz CT molecular complexity index is 3580. The fourth-order valence-corrected chi connectivity index (χ4v) is 11.5. The molecule has 16 heteroatoms. The summed E-state index contributed by atoms with van der Waals surface area (Å²) in [7, 11) is 0. The summed E-state index contributed by atoms with van der Waals surface area (Å²) in [5, 5.41) is 10.0. The summed E-state index contributed by atoms with van der Waals surface area (Å²) in [6.07, 6.45) is 36.8. The quantitative estimate of drug-likeness (QED) is 0.131. The number of imidazole rings is 1. The molecule has 99 heavy (non-hydrogen) atoms. The standard InChI is InChI=1S/2C10H13N.C9H12N2.C9H13NO.4C9H13NS.C9H14O2/c2*1-5-9-8(6-7-11-9)10(2,3)4;1-5-8-10-6-7(11-8)9(2,3)4;1-5-7-6-8(11-10-7)9(2,3)4;1-5-8-10-7(6-11-8)9(2,3)4;1-5-8-10-6-7(11-8)9(2,3)4;1-5-8-7(6-11-10-8)9(2,3)4;1-5-7-6-8(11-10-7)9(2,3)4;1-9(2,3)7-5-4-6-8(10)11-7/h2*1,6H,7H2,2-4H3;1,6H,2-4H3,(H,10,11);5*5-6H,1H2,2-4H3;4,6-7H,5H2,1-3H3. The van der Waals surface area contributed by atoms with E-state index in [4.69, 9.17) is 28.5 Å². The van der Waals surface area contributed by atoms with E-state index in [0.29, 0.717) is 5.82 Å². The minimum atomic E-state index is -0.212. The van der Waals surface area contributed by atoms with Gasteiger partial charge in [0.25, 0.3) is 0 Å². The van der Waals surface area contributed by atoms with Gasteiger partial charge >= 0.3 is 5.97 Å². The van der Waals surface area contributed by atoms with Gasteiger partial charge < -0.3 is 14.2 Å². The Balaban J connectivity index is 0.000000557. The molecule has 9 rings (SSSR count). The first-order valence-corrected chi connectivity index (χ1v) is 36.4. The van der Waals surface area contributed by atoms with Gasteiger partial charge in [0.15, 0.2) is 5.82 Å². The van der Waals surface area contributed by atoms with Crippen LogP contribution in [0.4, 0.5) is 0 Å². The molecule has 0 aromatic carbocycles. The Morgan fingerprint density at radius 3 is 1.37 bits per heavy atom. The van der Waals surface area contributed by atoms with Gasteiger partial charge in [-0.05, 0) is 115 Å². The van der Waals surface area contributed by atoms with Gasteiger partial charge in [-0.1, -0.05) is 255 Å². The third kappa shape index (κ3) is 32.5. The number of rotatable bonds is 5. The van der Waals surface area contributed by atoms with Gasteiger partial charge in [-0.3, -0.25) is 9.98 Å². The Kier molecular flexibility index (Phi) is 35.0. The van der Waals surface area contributed by atoms with Crippen molar-refractivity contribution in [2.24, 2.45) is 26.2 Å². The summed E-state index contributed by atoms with van der Waals surface area (Å²) >= 11 is 6.41. The molecule has 3 aliphatic heterocycles. The fraction of sp³-hybridized carbons (Fsp3) is 0.482. The number of allylic oxidation sites excluding steroid dienone is 2. The van der Waals surface area contributed by atoms with Crippen LogP contribution in [0.15, 0.2) is 118 Å². The number of carbonyl (C=O) groups is 1. The first-order chi connectivity index (χ1) is 45.3. The highest BCUT2D eigenvalue weighted by Gasteiger charge is 2.29. The molecule has 0 spiro atoms. The summed E-state index contributed by atoms with van der Waals surface area (Å²) in [6, 6.07) is 4.00. The zero-order valence-electron chi connectivity index (χ0n) is 65.1. The number of esters is 1. The number of H-pyrrole nitrogens is 1. The number of aliphatic imine (C=N–C) groups is 2. The van der Waals surface area contributed by atoms with Crippen molar-refractivity contribution in [3.63, 3.8) is 0 Å². The number of terminal acetylenes is 3. The SMILES string of the molecule is C#CC1=NCC=C1C(C)(C)C.C#CC1=NCC=C1C(C)(C)C.C#Cc1ncc(C(C)(C)C)[nH]1.C=Cc1cc(C(C)(C)C)on1.C=Cc1cc(C(C)(C)C)sn1.C=Cc1nc(C(C)(C)C)cs1.C=Cc1ncc(C(C)(C)C)s1.C=Cc1nscc1C(C)(C)C.CC(C)(C)C1CC=CC(=O)O1. The number of nitrogens with one attached hydrogen (secondary N) is 1. The first-order valence-electron chi connectivity index (χ1n) is 33.1. The lowest BCUT2D eigenvalue weighted by Crippen LogP contribution is -2.32. The summed E-state index contributed by atoms with van der Waals surface area (Å²) in [5.41, 5.74) is 11.7. The molecule has 0 aliphatic carbocycles. The van der Waals surface area contributed by atoms with E-state index in [0.717, 1.165) is 75.2 Å². The van der Waals surface area contributed by atoms with E-state index < -0.39 is 0 Å². The second-order valence-electron chi connectivity index (χ2n) is 32.6. The van der Waals surface area contributed by atoms with E-state index in [2.05, 4.69) is 310 Å². The monoisotopic (exact) mass is 1420 g/mol. The van der Waals surface area contributed by atoms with Crippen molar-refractivity contribution in [1.29, 1.82) is 0 Å². The number of carbonyl (C=O) groups excluding carboxylic acids is 1. The molecule has 1 atom stereocenters. The van der Waals surface area contributed by atoms with Crippen LogP contribution in [-0.4, -0.2) is 70.4 Å². The largest absolute Gasteiger partial charge is 0.458 e. The van der Waals surface area contributed by atoms with Gasteiger partial charge in [0, 0.05) is 73.4 Å². The van der Waals surface area contributed by atoms with Crippen LogP contribution in [0.5, 0.6) is 0 Å². The van der Waals surface area contributed by atoms with Crippen LogP contribution in [0.25, 0.3) is 30.4 Å². The Morgan fingerprint density at radius 2 is 1.10 bits per heavy atom. The topological polar surface area (TPSA) is 157 Å². The van der Waals surface area contributed by atoms with Crippen LogP contribution in [0, 0.1) is 53.3 Å². The average molecular weight is 1420 g/mol. The molecule has 0 bridgehead atoms. The normalized spacial score (nSPS) is 14.3. The molecule has 536 valence electrons. The van der Waals surface area contributed by atoms with Crippen molar-refractivity contribution >= 4 is 93.5 Å². The Morgan fingerprint density at radius 1 is 0.566 bits per heavy atom. The van der Waals surface area contributed by atoms with Crippen molar-refractivity contribution in [3.8, 4) is 37.0 Å². The number of ether oxygens (including phenoxy) is 1. The van der Waals surface area contributed by atoms with Gasteiger partial charge in [0.05, 0.1) is 30.2 Å². The summed E-state index contributed by atoms with van der Waals surface area (Å²) in [4.78, 5) is 37.5. The van der Waals surface area contributed by atoms with Crippen LogP contribution < -0.4 is 0 Å². The van der Waals surface area contributed by atoms with Crippen molar-refractivity contribution in [3.05, 3.63) is 169 Å². The molecule has 0 saturated heterocycles. The van der Waals surface area contributed by atoms with E-state index in [1.807, 2.05) is 24.4 Å². The zero-order chi connectivity index (χ0) is 76.3. The molecular formula is C83H117N9O3S4. The van der Waals surface area contributed by atoms with Gasteiger partial charge in [0.2, 0.25) is 0 Å². The number of nitrogens with zero attached hydrogens (tertiary/aromatic N) is 8. The highest BCUT2D eigenvalue weighted by molar-refractivity contribution is 7.12. The third-order valence-electron chi connectivity index (χ3n) is 14.3. The lowest BCUT2D eigenvalue weighted by Gasteiger charge is -2.30. The molecule has 0 saturated carbocycles. The molecule has 6 aromatic heterocycles. The number of aromatic nitrogens is 7. The minimum absolute atomic E-state index is 0.0360. The predicted molar refractivity (Wildman–Crippen MR) is 435 cm³/mol. The maximum absolute atomic E-state index is 10.8. The first kappa shape index (κ1) is 89.4. The van der Waals surface area contributed by atoms with Gasteiger partial charge in [0.1, 0.15) is 39.0 Å².